The molecule has 0 fully saturated rings. The molecule has 0 radical (unpaired) electrons. The average Bonchev–Trinajstić information content (AvgIpc) is 2.83. The van der Waals surface area contributed by atoms with Gasteiger partial charge in [-0.05, 0) is 31.2 Å². The molecule has 3 aromatic rings. The lowest BCUT2D eigenvalue weighted by molar-refractivity contribution is 0.574. The third-order valence-electron chi connectivity index (χ3n) is 2.14. The Morgan fingerprint density at radius 1 is 1.20 bits per heavy atom. The van der Waals surface area contributed by atoms with Gasteiger partial charge in [0.1, 0.15) is 0 Å². The molecule has 0 saturated carbocycles. The molecule has 5 nitrogen and oxygen atoms in total. The summed E-state index contributed by atoms with van der Waals surface area (Å²) in [4.78, 5) is 0. The lowest BCUT2D eigenvalue weighted by Gasteiger charge is -1.96. The predicted octanol–water partition coefficient (Wildman–Crippen LogP) is 1.69. The van der Waals surface area contributed by atoms with E-state index in [1.807, 2.05) is 31.2 Å². The molecule has 3 aromatic heterocycles. The van der Waals surface area contributed by atoms with Gasteiger partial charge in [-0.1, -0.05) is 0 Å². The van der Waals surface area contributed by atoms with Gasteiger partial charge >= 0.3 is 0 Å². The number of rotatable bonds is 1. The molecule has 0 bridgehead atoms. The molecule has 0 aromatic carbocycles. The van der Waals surface area contributed by atoms with Crippen LogP contribution in [0.3, 0.4) is 0 Å². The molecule has 0 aliphatic carbocycles. The van der Waals surface area contributed by atoms with Crippen molar-refractivity contribution in [2.24, 2.45) is 0 Å². The molecule has 0 atom stereocenters. The van der Waals surface area contributed by atoms with Crippen LogP contribution in [-0.4, -0.2) is 19.8 Å². The van der Waals surface area contributed by atoms with Gasteiger partial charge in [-0.3, -0.25) is 0 Å². The molecular weight excluding hydrogens is 192 g/mol. The normalized spacial score (nSPS) is 11.0. The lowest BCUT2D eigenvalue weighted by atomic mass is 10.4. The Morgan fingerprint density at radius 2 is 2.13 bits per heavy atom. The fraction of sp³-hybridized carbons (Fsp3) is 0.100. The summed E-state index contributed by atoms with van der Waals surface area (Å²) in [5.41, 5.74) is 1.63. The number of aromatic nitrogens is 4. The van der Waals surface area contributed by atoms with Crippen molar-refractivity contribution in [1.29, 1.82) is 0 Å². The van der Waals surface area contributed by atoms with Crippen molar-refractivity contribution in [2.75, 3.05) is 0 Å². The van der Waals surface area contributed by atoms with Crippen LogP contribution >= 0.6 is 0 Å². The molecule has 3 rings (SSSR count). The van der Waals surface area contributed by atoms with E-state index in [-0.39, 0.29) is 0 Å². The number of aryl methyl sites for hydroxylation is 1. The molecule has 0 N–H and O–H groups in total. The Hall–Kier alpha value is -2.17. The first kappa shape index (κ1) is 8.16. The summed E-state index contributed by atoms with van der Waals surface area (Å²) >= 11 is 0. The second kappa shape index (κ2) is 2.91. The Labute approximate surface area is 85.4 Å². The SMILES string of the molecule is Cc1ccc2nnc(-c3ccco3)n2n1. The Morgan fingerprint density at radius 3 is 2.93 bits per heavy atom. The fourth-order valence-corrected chi connectivity index (χ4v) is 1.44. The Kier molecular flexibility index (Phi) is 1.58. The van der Waals surface area contributed by atoms with E-state index in [1.165, 1.54) is 0 Å². The van der Waals surface area contributed by atoms with Crippen molar-refractivity contribution < 1.29 is 4.42 Å². The maximum Gasteiger partial charge on any atom is 0.220 e. The van der Waals surface area contributed by atoms with Gasteiger partial charge in [0, 0.05) is 0 Å². The average molecular weight is 200 g/mol. The summed E-state index contributed by atoms with van der Waals surface area (Å²) in [6.07, 6.45) is 1.60. The minimum Gasteiger partial charge on any atom is -0.461 e. The van der Waals surface area contributed by atoms with Crippen molar-refractivity contribution in [3.63, 3.8) is 0 Å². The smallest absolute Gasteiger partial charge is 0.220 e. The highest BCUT2D eigenvalue weighted by Crippen LogP contribution is 2.17. The predicted molar refractivity (Wildman–Crippen MR) is 53.2 cm³/mol. The summed E-state index contributed by atoms with van der Waals surface area (Å²) in [7, 11) is 0. The molecule has 0 amide bonds. The second-order valence-corrected chi connectivity index (χ2v) is 3.25. The van der Waals surface area contributed by atoms with Gasteiger partial charge in [0.05, 0.1) is 12.0 Å². The molecule has 0 saturated heterocycles. The van der Waals surface area contributed by atoms with E-state index < -0.39 is 0 Å². The fourth-order valence-electron chi connectivity index (χ4n) is 1.44. The molecule has 15 heavy (non-hydrogen) atoms. The third kappa shape index (κ3) is 1.20. The van der Waals surface area contributed by atoms with Crippen LogP contribution in [0.5, 0.6) is 0 Å². The Bertz CT molecular complexity index is 597. The standard InChI is InChI=1S/C10H8N4O/c1-7-4-5-9-11-12-10(14(9)13-7)8-3-2-6-15-8/h2-6H,1H3. The van der Waals surface area contributed by atoms with Crippen LogP contribution in [0.15, 0.2) is 34.9 Å². The Balaban J connectivity index is 2.32. The number of furan rings is 1. The zero-order valence-corrected chi connectivity index (χ0v) is 8.08. The van der Waals surface area contributed by atoms with Gasteiger partial charge < -0.3 is 4.42 Å². The largest absolute Gasteiger partial charge is 0.461 e. The molecule has 74 valence electrons. The van der Waals surface area contributed by atoms with Gasteiger partial charge in [0.2, 0.25) is 5.82 Å². The quantitative estimate of drug-likeness (QED) is 0.599. The molecular formula is C10H8N4O. The highest BCUT2D eigenvalue weighted by atomic mass is 16.3. The molecule has 0 aliphatic heterocycles. The van der Waals surface area contributed by atoms with Crippen molar-refractivity contribution in [3.05, 3.63) is 36.2 Å². The van der Waals surface area contributed by atoms with Crippen molar-refractivity contribution >= 4 is 5.65 Å². The number of fused-ring (bicyclic) bond motifs is 1. The van der Waals surface area contributed by atoms with Crippen LogP contribution in [0.4, 0.5) is 0 Å². The third-order valence-corrected chi connectivity index (χ3v) is 2.14. The van der Waals surface area contributed by atoms with E-state index in [0.717, 1.165) is 5.69 Å². The molecule has 0 spiro atoms. The maximum atomic E-state index is 5.26. The summed E-state index contributed by atoms with van der Waals surface area (Å²) in [5, 5.41) is 12.4. The van der Waals surface area contributed by atoms with Gasteiger partial charge in [0.15, 0.2) is 11.4 Å². The number of hydrogen-bond donors (Lipinski definition) is 0. The monoisotopic (exact) mass is 200 g/mol. The van der Waals surface area contributed by atoms with Gasteiger partial charge in [0.25, 0.3) is 0 Å². The van der Waals surface area contributed by atoms with Crippen LogP contribution in [0, 0.1) is 6.92 Å². The summed E-state index contributed by atoms with van der Waals surface area (Å²) in [5.74, 6) is 1.29. The topological polar surface area (TPSA) is 56.2 Å². The summed E-state index contributed by atoms with van der Waals surface area (Å²) in [6, 6.07) is 7.42. The maximum absolute atomic E-state index is 5.26. The second-order valence-electron chi connectivity index (χ2n) is 3.25. The van der Waals surface area contributed by atoms with Crippen LogP contribution in [0.1, 0.15) is 5.69 Å². The molecule has 3 heterocycles. The zero-order valence-electron chi connectivity index (χ0n) is 8.08. The zero-order chi connectivity index (χ0) is 10.3. The highest BCUT2D eigenvalue weighted by Gasteiger charge is 2.10. The van der Waals surface area contributed by atoms with Crippen LogP contribution in [0.25, 0.3) is 17.2 Å². The van der Waals surface area contributed by atoms with E-state index in [2.05, 4.69) is 15.3 Å². The van der Waals surface area contributed by atoms with Crippen molar-refractivity contribution in [3.8, 4) is 11.6 Å². The van der Waals surface area contributed by atoms with Crippen molar-refractivity contribution in [1.82, 2.24) is 19.8 Å². The summed E-state index contributed by atoms with van der Waals surface area (Å²) < 4.78 is 6.94. The summed E-state index contributed by atoms with van der Waals surface area (Å²) in [6.45, 7) is 1.92. The van der Waals surface area contributed by atoms with E-state index in [4.69, 9.17) is 4.42 Å². The van der Waals surface area contributed by atoms with Crippen molar-refractivity contribution in [2.45, 2.75) is 6.92 Å². The highest BCUT2D eigenvalue weighted by molar-refractivity contribution is 5.52. The van der Waals surface area contributed by atoms with E-state index >= 15 is 0 Å². The minimum atomic E-state index is 0.624. The molecule has 0 aliphatic rings. The number of hydrogen-bond acceptors (Lipinski definition) is 4. The van der Waals surface area contributed by atoms with Crippen LogP contribution in [-0.2, 0) is 0 Å². The van der Waals surface area contributed by atoms with E-state index in [0.29, 0.717) is 17.2 Å². The first-order chi connectivity index (χ1) is 7.34. The van der Waals surface area contributed by atoms with E-state index in [1.54, 1.807) is 10.8 Å². The van der Waals surface area contributed by atoms with E-state index in [9.17, 15) is 0 Å². The van der Waals surface area contributed by atoms with Gasteiger partial charge in [-0.2, -0.15) is 9.61 Å². The van der Waals surface area contributed by atoms with Crippen LogP contribution < -0.4 is 0 Å². The van der Waals surface area contributed by atoms with Crippen LogP contribution in [0.2, 0.25) is 0 Å². The van der Waals surface area contributed by atoms with Gasteiger partial charge in [-0.25, -0.2) is 0 Å². The van der Waals surface area contributed by atoms with Gasteiger partial charge in [-0.15, -0.1) is 10.2 Å². The first-order valence-electron chi connectivity index (χ1n) is 4.57. The minimum absolute atomic E-state index is 0.624. The lowest BCUT2D eigenvalue weighted by Crippen LogP contribution is -1.95. The first-order valence-corrected chi connectivity index (χ1v) is 4.57. The molecule has 0 unspecified atom stereocenters. The number of nitrogens with zero attached hydrogens (tertiary/aromatic N) is 4. The molecule has 5 heteroatoms.